The minimum Gasteiger partial charge on any atom is -0.495 e. The molecule has 0 aliphatic heterocycles. The Labute approximate surface area is 134 Å². The number of methoxy groups -OCH3 is 1. The normalized spacial score (nSPS) is 17.8. The molecule has 0 bridgehead atoms. The first kappa shape index (κ1) is 16.3. The number of hydrogen-bond acceptors (Lipinski definition) is 2. The highest BCUT2D eigenvalue weighted by molar-refractivity contribution is 9.10. The van der Waals surface area contributed by atoms with E-state index in [0.717, 1.165) is 28.4 Å². The van der Waals surface area contributed by atoms with Crippen molar-refractivity contribution < 1.29 is 14.6 Å². The number of halogens is 1. The van der Waals surface area contributed by atoms with Gasteiger partial charge in [-0.15, -0.1) is 0 Å². The lowest BCUT2D eigenvalue weighted by atomic mass is 9.75. The van der Waals surface area contributed by atoms with Crippen LogP contribution in [-0.4, -0.2) is 18.2 Å². The van der Waals surface area contributed by atoms with E-state index < -0.39 is 11.4 Å². The molecule has 1 N–H and O–H groups in total. The smallest absolute Gasteiger partial charge is 0.314 e. The standard InChI is InChI=1S/C17H23BrO3/c1-16(2,3)11-9-12(14(21-4)13(18)10-11)17(15(19)20)7-5-6-8-17/h9-10H,5-8H2,1-4H3,(H,19,20). The van der Waals surface area contributed by atoms with Crippen LogP contribution in [0.2, 0.25) is 0 Å². The van der Waals surface area contributed by atoms with E-state index >= 15 is 0 Å². The van der Waals surface area contributed by atoms with Gasteiger partial charge in [-0.2, -0.15) is 0 Å². The lowest BCUT2D eigenvalue weighted by Gasteiger charge is -2.30. The second-order valence-corrected chi connectivity index (χ2v) is 7.74. The molecular formula is C17H23BrO3. The predicted octanol–water partition coefficient (Wildman–Crippen LogP) is 4.65. The van der Waals surface area contributed by atoms with Crippen LogP contribution in [0.3, 0.4) is 0 Å². The van der Waals surface area contributed by atoms with Gasteiger partial charge in [0, 0.05) is 5.56 Å². The van der Waals surface area contributed by atoms with Crippen LogP contribution in [0.4, 0.5) is 0 Å². The number of ether oxygens (including phenoxy) is 1. The SMILES string of the molecule is COc1c(Br)cc(C(C)(C)C)cc1C1(C(=O)O)CCCC1. The molecule has 0 atom stereocenters. The zero-order valence-corrected chi connectivity index (χ0v) is 14.7. The van der Waals surface area contributed by atoms with Crippen molar-refractivity contribution in [3.05, 3.63) is 27.7 Å². The predicted molar refractivity (Wildman–Crippen MR) is 87.2 cm³/mol. The number of carboxylic acid groups (broad SMARTS) is 1. The fourth-order valence-corrected chi connectivity index (χ4v) is 3.79. The number of hydrogen-bond donors (Lipinski definition) is 1. The Kier molecular flexibility index (Phi) is 4.39. The van der Waals surface area contributed by atoms with E-state index in [-0.39, 0.29) is 5.41 Å². The second-order valence-electron chi connectivity index (χ2n) is 6.88. The molecule has 2 rings (SSSR count). The Hall–Kier alpha value is -1.03. The highest BCUT2D eigenvalue weighted by Crippen LogP contribution is 2.48. The molecular weight excluding hydrogens is 332 g/mol. The average Bonchev–Trinajstić information content (AvgIpc) is 2.87. The molecule has 21 heavy (non-hydrogen) atoms. The maximum absolute atomic E-state index is 12.0. The van der Waals surface area contributed by atoms with Gasteiger partial charge in [-0.3, -0.25) is 4.79 Å². The van der Waals surface area contributed by atoms with Crippen LogP contribution in [-0.2, 0) is 15.6 Å². The highest BCUT2D eigenvalue weighted by Gasteiger charge is 2.45. The van der Waals surface area contributed by atoms with Crippen molar-refractivity contribution in [2.45, 2.75) is 57.3 Å². The molecule has 0 unspecified atom stereocenters. The number of rotatable bonds is 3. The molecule has 1 aliphatic carbocycles. The molecule has 1 fully saturated rings. The fourth-order valence-electron chi connectivity index (χ4n) is 3.17. The van der Waals surface area contributed by atoms with E-state index in [4.69, 9.17) is 4.74 Å². The van der Waals surface area contributed by atoms with Crippen molar-refractivity contribution >= 4 is 21.9 Å². The second kappa shape index (κ2) is 5.64. The van der Waals surface area contributed by atoms with E-state index in [0.29, 0.717) is 18.6 Å². The van der Waals surface area contributed by atoms with Crippen LogP contribution in [0, 0.1) is 0 Å². The third-order valence-electron chi connectivity index (χ3n) is 4.50. The molecule has 0 saturated heterocycles. The Bertz CT molecular complexity index is 552. The molecule has 1 aromatic carbocycles. The first-order chi connectivity index (χ1) is 9.72. The summed E-state index contributed by atoms with van der Waals surface area (Å²) in [5, 5.41) is 9.85. The van der Waals surface area contributed by atoms with Gasteiger partial charge in [0.1, 0.15) is 5.75 Å². The summed E-state index contributed by atoms with van der Waals surface area (Å²) in [6.07, 6.45) is 3.26. The van der Waals surface area contributed by atoms with E-state index in [1.165, 1.54) is 0 Å². The van der Waals surface area contributed by atoms with Gasteiger partial charge in [0.15, 0.2) is 0 Å². The first-order valence-corrected chi connectivity index (χ1v) is 8.13. The average molecular weight is 355 g/mol. The van der Waals surface area contributed by atoms with Crippen LogP contribution in [0.25, 0.3) is 0 Å². The van der Waals surface area contributed by atoms with Gasteiger partial charge in [-0.1, -0.05) is 39.7 Å². The summed E-state index contributed by atoms with van der Waals surface area (Å²) in [5.41, 5.74) is 1.09. The van der Waals surface area contributed by atoms with Gasteiger partial charge in [-0.05, 0) is 45.8 Å². The molecule has 1 saturated carbocycles. The van der Waals surface area contributed by atoms with E-state index in [9.17, 15) is 9.90 Å². The maximum Gasteiger partial charge on any atom is 0.314 e. The minimum atomic E-state index is -0.810. The van der Waals surface area contributed by atoms with Crippen molar-refractivity contribution in [2.75, 3.05) is 7.11 Å². The topological polar surface area (TPSA) is 46.5 Å². The molecule has 0 amide bonds. The molecule has 0 heterocycles. The lowest BCUT2D eigenvalue weighted by Crippen LogP contribution is -2.33. The van der Waals surface area contributed by atoms with Crippen LogP contribution >= 0.6 is 15.9 Å². The van der Waals surface area contributed by atoms with Crippen molar-refractivity contribution in [3.8, 4) is 5.75 Å². The van der Waals surface area contributed by atoms with Gasteiger partial charge in [0.2, 0.25) is 0 Å². The quantitative estimate of drug-likeness (QED) is 0.858. The molecule has 1 aromatic rings. The van der Waals surface area contributed by atoms with E-state index in [1.54, 1.807) is 7.11 Å². The maximum atomic E-state index is 12.0. The van der Waals surface area contributed by atoms with Crippen LogP contribution in [0.1, 0.15) is 57.6 Å². The number of aliphatic carboxylic acids is 1. The lowest BCUT2D eigenvalue weighted by molar-refractivity contribution is -0.143. The van der Waals surface area contributed by atoms with E-state index in [1.807, 2.05) is 12.1 Å². The van der Waals surface area contributed by atoms with Crippen LogP contribution in [0.15, 0.2) is 16.6 Å². The fraction of sp³-hybridized carbons (Fsp3) is 0.588. The summed E-state index contributed by atoms with van der Waals surface area (Å²) in [7, 11) is 1.60. The molecule has 4 heteroatoms. The van der Waals surface area contributed by atoms with Gasteiger partial charge >= 0.3 is 5.97 Å². The Morgan fingerprint density at radius 3 is 2.29 bits per heavy atom. The highest BCUT2D eigenvalue weighted by atomic mass is 79.9. The Balaban J connectivity index is 2.71. The molecule has 0 aromatic heterocycles. The van der Waals surface area contributed by atoms with Crippen molar-refractivity contribution in [2.24, 2.45) is 0 Å². The molecule has 0 radical (unpaired) electrons. The third-order valence-corrected chi connectivity index (χ3v) is 5.08. The summed E-state index contributed by atoms with van der Waals surface area (Å²) in [6, 6.07) is 4.07. The van der Waals surface area contributed by atoms with Crippen molar-refractivity contribution in [3.63, 3.8) is 0 Å². The summed E-state index contributed by atoms with van der Waals surface area (Å²) < 4.78 is 6.35. The monoisotopic (exact) mass is 354 g/mol. The Morgan fingerprint density at radius 2 is 1.86 bits per heavy atom. The summed E-state index contributed by atoms with van der Waals surface area (Å²) in [4.78, 5) is 12.0. The summed E-state index contributed by atoms with van der Waals surface area (Å²) in [5.74, 6) is -0.0800. The summed E-state index contributed by atoms with van der Waals surface area (Å²) in [6.45, 7) is 6.40. The van der Waals surface area contributed by atoms with Crippen LogP contribution < -0.4 is 4.74 Å². The molecule has 3 nitrogen and oxygen atoms in total. The van der Waals surface area contributed by atoms with Crippen molar-refractivity contribution in [1.82, 2.24) is 0 Å². The van der Waals surface area contributed by atoms with Gasteiger partial charge < -0.3 is 9.84 Å². The number of carboxylic acids is 1. The van der Waals surface area contributed by atoms with E-state index in [2.05, 4.69) is 36.7 Å². The zero-order valence-electron chi connectivity index (χ0n) is 13.1. The number of benzene rings is 1. The Morgan fingerprint density at radius 1 is 1.29 bits per heavy atom. The van der Waals surface area contributed by atoms with Crippen LogP contribution in [0.5, 0.6) is 5.75 Å². The molecule has 116 valence electrons. The molecule has 1 aliphatic rings. The molecule has 0 spiro atoms. The number of carbonyl (C=O) groups is 1. The first-order valence-electron chi connectivity index (χ1n) is 7.34. The van der Waals surface area contributed by atoms with Gasteiger partial charge in [-0.25, -0.2) is 0 Å². The van der Waals surface area contributed by atoms with Gasteiger partial charge in [0.25, 0.3) is 0 Å². The summed E-state index contributed by atoms with van der Waals surface area (Å²) >= 11 is 3.55. The largest absolute Gasteiger partial charge is 0.495 e. The third kappa shape index (κ3) is 2.83. The minimum absolute atomic E-state index is 0.0398. The van der Waals surface area contributed by atoms with Crippen molar-refractivity contribution in [1.29, 1.82) is 0 Å². The van der Waals surface area contributed by atoms with Gasteiger partial charge in [0.05, 0.1) is 17.0 Å². The zero-order chi connectivity index (χ0) is 15.8.